The van der Waals surface area contributed by atoms with Crippen LogP contribution in [-0.2, 0) is 0 Å². The third-order valence-electron chi connectivity index (χ3n) is 4.64. The normalized spacial score (nSPS) is 16.2. The SMILES string of the molecule is CCC(C)(C)CCCC(C)C(C)CCC(C)C. The molecule has 0 aliphatic heterocycles. The molecule has 0 spiro atoms. The highest BCUT2D eigenvalue weighted by Gasteiger charge is 2.17. The molecule has 0 aromatic heterocycles. The molecule has 2 unspecified atom stereocenters. The van der Waals surface area contributed by atoms with Gasteiger partial charge in [-0.3, -0.25) is 0 Å². The van der Waals surface area contributed by atoms with Crippen LogP contribution in [0.4, 0.5) is 0 Å². The first-order valence-electron chi connectivity index (χ1n) is 7.78. The maximum atomic E-state index is 2.45. The first-order chi connectivity index (χ1) is 7.78. The summed E-state index contributed by atoms with van der Waals surface area (Å²) in [4.78, 5) is 0. The molecule has 0 amide bonds. The molecule has 0 rings (SSSR count). The van der Waals surface area contributed by atoms with Gasteiger partial charge in [-0.15, -0.1) is 0 Å². The Morgan fingerprint density at radius 1 is 0.824 bits per heavy atom. The fourth-order valence-electron chi connectivity index (χ4n) is 2.24. The molecule has 0 fully saturated rings. The maximum absolute atomic E-state index is 2.45. The summed E-state index contributed by atoms with van der Waals surface area (Å²) < 4.78 is 0. The summed E-state index contributed by atoms with van der Waals surface area (Å²) in [5.74, 6) is 2.67. The van der Waals surface area contributed by atoms with Crippen molar-refractivity contribution < 1.29 is 0 Å². The van der Waals surface area contributed by atoms with E-state index in [1.807, 2.05) is 0 Å². The predicted octanol–water partition coefficient (Wildman–Crippen LogP) is 6.30. The van der Waals surface area contributed by atoms with Crippen molar-refractivity contribution >= 4 is 0 Å². The van der Waals surface area contributed by atoms with Crippen LogP contribution < -0.4 is 0 Å². The Bertz CT molecular complexity index is 178. The van der Waals surface area contributed by atoms with E-state index in [-0.39, 0.29) is 0 Å². The largest absolute Gasteiger partial charge is 0.0649 e. The smallest absolute Gasteiger partial charge is 0.0357 e. The van der Waals surface area contributed by atoms with Gasteiger partial charge in [-0.2, -0.15) is 0 Å². The molecule has 17 heavy (non-hydrogen) atoms. The van der Waals surface area contributed by atoms with Gasteiger partial charge in [0.1, 0.15) is 0 Å². The zero-order chi connectivity index (χ0) is 13.5. The van der Waals surface area contributed by atoms with E-state index in [0.29, 0.717) is 5.41 Å². The highest BCUT2D eigenvalue weighted by molar-refractivity contribution is 4.69. The molecule has 0 saturated heterocycles. The Hall–Kier alpha value is 0. The predicted molar refractivity (Wildman–Crippen MR) is 80.3 cm³/mol. The number of hydrogen-bond donors (Lipinski definition) is 0. The van der Waals surface area contributed by atoms with Gasteiger partial charge in [-0.05, 0) is 29.6 Å². The van der Waals surface area contributed by atoms with E-state index in [2.05, 4.69) is 48.5 Å². The Kier molecular flexibility index (Phi) is 8.16. The average Bonchev–Trinajstić information content (AvgIpc) is 2.25. The van der Waals surface area contributed by atoms with E-state index in [4.69, 9.17) is 0 Å². The van der Waals surface area contributed by atoms with Crippen molar-refractivity contribution in [2.75, 3.05) is 0 Å². The molecule has 0 N–H and O–H groups in total. The third kappa shape index (κ3) is 8.69. The summed E-state index contributed by atoms with van der Waals surface area (Å²) in [5, 5.41) is 0. The van der Waals surface area contributed by atoms with Crippen molar-refractivity contribution in [2.24, 2.45) is 23.2 Å². The summed E-state index contributed by atoms with van der Waals surface area (Å²) in [6.45, 7) is 16.7. The summed E-state index contributed by atoms with van der Waals surface area (Å²) >= 11 is 0. The molecule has 0 saturated carbocycles. The van der Waals surface area contributed by atoms with Gasteiger partial charge >= 0.3 is 0 Å². The molecule has 104 valence electrons. The lowest BCUT2D eigenvalue weighted by atomic mass is 9.81. The van der Waals surface area contributed by atoms with E-state index < -0.39 is 0 Å². The lowest BCUT2D eigenvalue weighted by molar-refractivity contribution is 0.268. The zero-order valence-electron chi connectivity index (χ0n) is 13.5. The van der Waals surface area contributed by atoms with Crippen LogP contribution in [0.2, 0.25) is 0 Å². The minimum atomic E-state index is 0.556. The molecule has 0 aromatic carbocycles. The monoisotopic (exact) mass is 240 g/mol. The topological polar surface area (TPSA) is 0 Å². The second kappa shape index (κ2) is 8.16. The molecule has 0 aromatic rings. The minimum absolute atomic E-state index is 0.556. The lowest BCUT2D eigenvalue weighted by Crippen LogP contribution is -2.13. The van der Waals surface area contributed by atoms with Crippen molar-refractivity contribution in [2.45, 2.75) is 87.0 Å². The van der Waals surface area contributed by atoms with Crippen LogP contribution in [0.25, 0.3) is 0 Å². The summed E-state index contributed by atoms with van der Waals surface area (Å²) in [7, 11) is 0. The fraction of sp³-hybridized carbons (Fsp3) is 1.00. The van der Waals surface area contributed by atoms with Crippen molar-refractivity contribution in [3.05, 3.63) is 0 Å². The first kappa shape index (κ1) is 17.0. The Morgan fingerprint density at radius 2 is 1.35 bits per heavy atom. The van der Waals surface area contributed by atoms with Gasteiger partial charge in [-0.25, -0.2) is 0 Å². The maximum Gasteiger partial charge on any atom is -0.0357 e. The Morgan fingerprint density at radius 3 is 1.82 bits per heavy atom. The molecular formula is C17H36. The first-order valence-corrected chi connectivity index (χ1v) is 7.78. The van der Waals surface area contributed by atoms with Crippen LogP contribution in [0.3, 0.4) is 0 Å². The Labute approximate surface area is 111 Å². The minimum Gasteiger partial charge on any atom is -0.0649 e. The van der Waals surface area contributed by atoms with Crippen LogP contribution in [0, 0.1) is 23.2 Å². The molecule has 0 radical (unpaired) electrons. The second-order valence-corrected chi connectivity index (χ2v) is 7.34. The van der Waals surface area contributed by atoms with E-state index in [9.17, 15) is 0 Å². The van der Waals surface area contributed by atoms with Crippen molar-refractivity contribution in [1.82, 2.24) is 0 Å². The highest BCUT2D eigenvalue weighted by atomic mass is 14.2. The van der Waals surface area contributed by atoms with Crippen LogP contribution in [0.5, 0.6) is 0 Å². The Balaban J connectivity index is 3.74. The number of rotatable bonds is 9. The molecule has 0 bridgehead atoms. The average molecular weight is 240 g/mol. The van der Waals surface area contributed by atoms with Gasteiger partial charge in [0, 0.05) is 0 Å². The molecular weight excluding hydrogens is 204 g/mol. The lowest BCUT2D eigenvalue weighted by Gasteiger charge is -2.25. The summed E-state index contributed by atoms with van der Waals surface area (Å²) in [6, 6.07) is 0. The second-order valence-electron chi connectivity index (χ2n) is 7.34. The summed E-state index contributed by atoms with van der Waals surface area (Å²) in [5.41, 5.74) is 0.556. The molecule has 0 heterocycles. The van der Waals surface area contributed by atoms with Crippen molar-refractivity contribution in [1.29, 1.82) is 0 Å². The van der Waals surface area contributed by atoms with E-state index in [1.165, 1.54) is 38.5 Å². The van der Waals surface area contributed by atoms with Gasteiger partial charge in [0.15, 0.2) is 0 Å². The van der Waals surface area contributed by atoms with Crippen molar-refractivity contribution in [3.63, 3.8) is 0 Å². The highest BCUT2D eigenvalue weighted by Crippen LogP contribution is 2.30. The molecule has 0 nitrogen and oxygen atoms in total. The molecule has 0 aliphatic rings. The molecule has 2 atom stereocenters. The van der Waals surface area contributed by atoms with Crippen LogP contribution in [-0.4, -0.2) is 0 Å². The van der Waals surface area contributed by atoms with Crippen molar-refractivity contribution in [3.8, 4) is 0 Å². The van der Waals surface area contributed by atoms with E-state index in [0.717, 1.165) is 17.8 Å². The van der Waals surface area contributed by atoms with Crippen LogP contribution in [0.15, 0.2) is 0 Å². The quantitative estimate of drug-likeness (QED) is 0.443. The standard InChI is InChI=1S/C17H36/c1-8-17(6,7)13-9-10-15(4)16(5)12-11-14(2)3/h14-16H,8-13H2,1-7H3. The van der Waals surface area contributed by atoms with Gasteiger partial charge in [0.25, 0.3) is 0 Å². The molecule has 0 heteroatoms. The van der Waals surface area contributed by atoms with Gasteiger partial charge in [0.05, 0.1) is 0 Å². The zero-order valence-corrected chi connectivity index (χ0v) is 13.5. The van der Waals surface area contributed by atoms with Gasteiger partial charge in [-0.1, -0.05) is 80.6 Å². The van der Waals surface area contributed by atoms with E-state index in [1.54, 1.807) is 0 Å². The van der Waals surface area contributed by atoms with Gasteiger partial charge < -0.3 is 0 Å². The number of hydrogen-bond acceptors (Lipinski definition) is 0. The van der Waals surface area contributed by atoms with Crippen LogP contribution in [0.1, 0.15) is 87.0 Å². The van der Waals surface area contributed by atoms with Gasteiger partial charge in [0.2, 0.25) is 0 Å². The third-order valence-corrected chi connectivity index (χ3v) is 4.64. The molecule has 0 aliphatic carbocycles. The fourth-order valence-corrected chi connectivity index (χ4v) is 2.24. The summed E-state index contributed by atoms with van der Waals surface area (Å²) in [6.07, 6.45) is 8.34. The van der Waals surface area contributed by atoms with Crippen LogP contribution >= 0.6 is 0 Å². The van der Waals surface area contributed by atoms with E-state index >= 15 is 0 Å².